The lowest BCUT2D eigenvalue weighted by Crippen LogP contribution is -3.00. The molecule has 0 aromatic carbocycles. The molecule has 0 amide bonds. The van der Waals surface area contributed by atoms with Crippen LogP contribution in [0.4, 0.5) is 0 Å². The van der Waals surface area contributed by atoms with E-state index in [-0.39, 0.29) is 18.5 Å². The predicted molar refractivity (Wildman–Crippen MR) is 44.2 cm³/mol. The number of aliphatic hydroxyl groups is 1. The van der Waals surface area contributed by atoms with Crippen LogP contribution in [0.25, 0.3) is 0 Å². The monoisotopic (exact) mass is 201 g/mol. The van der Waals surface area contributed by atoms with Gasteiger partial charge in [0.15, 0.2) is 0 Å². The average molecular weight is 202 g/mol. The van der Waals surface area contributed by atoms with Crippen molar-refractivity contribution in [2.24, 2.45) is 0 Å². The number of quaternary nitrogens is 1. The molecule has 0 bridgehead atoms. The van der Waals surface area contributed by atoms with Crippen molar-refractivity contribution in [3.05, 3.63) is 0 Å². The summed E-state index contributed by atoms with van der Waals surface area (Å²) in [6.45, 7) is 0.771. The Morgan fingerprint density at radius 3 is 2.09 bits per heavy atom. The summed E-state index contributed by atoms with van der Waals surface area (Å²) in [5.41, 5.74) is 0. The Labute approximate surface area is 80.1 Å². The van der Waals surface area contributed by atoms with Crippen molar-refractivity contribution in [3.8, 4) is 0 Å². The summed E-state index contributed by atoms with van der Waals surface area (Å²) in [5.74, 6) is 0.543. The fourth-order valence-electron chi connectivity index (χ4n) is 0.849. The van der Waals surface area contributed by atoms with E-state index in [2.05, 4.69) is 21.1 Å². The van der Waals surface area contributed by atoms with Crippen LogP contribution in [0.2, 0.25) is 0 Å². The maximum atomic E-state index is 9.28. The van der Waals surface area contributed by atoms with Crippen LogP contribution in [0, 0.1) is 0 Å². The molecule has 0 radical (unpaired) electrons. The van der Waals surface area contributed by atoms with Gasteiger partial charge in [-0.25, -0.2) is 0 Å². The van der Waals surface area contributed by atoms with E-state index in [9.17, 15) is 5.11 Å². The molecule has 0 aliphatic heterocycles. The van der Waals surface area contributed by atoms with Crippen LogP contribution in [-0.4, -0.2) is 49.3 Å². The van der Waals surface area contributed by atoms with E-state index in [0.29, 0.717) is 12.3 Å². The van der Waals surface area contributed by atoms with Gasteiger partial charge < -0.3 is 22.0 Å². The third kappa shape index (κ3) is 10.5. The van der Waals surface area contributed by atoms with Gasteiger partial charge in [0.1, 0.15) is 12.6 Å². The molecule has 0 rings (SSSR count). The minimum Gasteiger partial charge on any atom is -1.00 e. The zero-order valence-corrected chi connectivity index (χ0v) is 8.86. The highest BCUT2D eigenvalue weighted by Crippen LogP contribution is 1.99. The molecule has 70 valence electrons. The third-order valence-electron chi connectivity index (χ3n) is 1.20. The summed E-state index contributed by atoms with van der Waals surface area (Å²) in [5, 5.41) is 9.28. The van der Waals surface area contributed by atoms with Crippen molar-refractivity contribution in [3.63, 3.8) is 0 Å². The highest BCUT2D eigenvalue weighted by molar-refractivity contribution is 6.17. The second-order valence-electron chi connectivity index (χ2n) is 3.60. The lowest BCUT2D eigenvalue weighted by molar-refractivity contribution is -0.873. The molecule has 11 heavy (non-hydrogen) atoms. The highest BCUT2D eigenvalue weighted by Gasteiger charge is 2.13. The second-order valence-corrected chi connectivity index (χ2v) is 3.98. The van der Waals surface area contributed by atoms with Crippen molar-refractivity contribution < 1.29 is 22.0 Å². The summed E-state index contributed by atoms with van der Waals surface area (Å²) in [7, 11) is 6.16. The van der Waals surface area contributed by atoms with Gasteiger partial charge in [-0.2, -0.15) is 0 Å². The summed E-state index contributed by atoms with van der Waals surface area (Å²) in [6, 6.07) is 0. The number of likely N-dealkylation sites (N-methyl/N-ethyl adjacent to an activating group) is 1. The van der Waals surface area contributed by atoms with E-state index in [1.54, 1.807) is 0 Å². The minimum atomic E-state index is -0.252. The zero-order valence-electron chi connectivity index (χ0n) is 7.35. The van der Waals surface area contributed by atoms with E-state index in [1.165, 1.54) is 0 Å². The number of halogens is 2. The van der Waals surface area contributed by atoms with Gasteiger partial charge in [0.2, 0.25) is 0 Å². The lowest BCUT2D eigenvalue weighted by atomic mass is 10.2. The van der Waals surface area contributed by atoms with E-state index >= 15 is 0 Å². The quantitative estimate of drug-likeness (QED) is 0.401. The Morgan fingerprint density at radius 2 is 1.82 bits per heavy atom. The van der Waals surface area contributed by atoms with E-state index < -0.39 is 0 Å². The molecule has 0 saturated heterocycles. The van der Waals surface area contributed by atoms with Crippen LogP contribution >= 0.6 is 11.6 Å². The Balaban J connectivity index is 0. The molecule has 1 N–H and O–H groups in total. The zero-order chi connectivity index (χ0) is 8.20. The molecule has 0 aromatic rings. The number of aliphatic hydroxyl groups excluding tert-OH is 1. The first kappa shape index (κ1) is 14.0. The molecule has 0 aliphatic rings. The lowest BCUT2D eigenvalue weighted by Gasteiger charge is -2.26. The van der Waals surface area contributed by atoms with Gasteiger partial charge in [0.25, 0.3) is 0 Å². The first-order chi connectivity index (χ1) is 4.45. The molecular weight excluding hydrogens is 185 g/mol. The maximum Gasteiger partial charge on any atom is 0.104 e. The van der Waals surface area contributed by atoms with Crippen molar-refractivity contribution in [1.82, 2.24) is 0 Å². The molecule has 0 saturated carbocycles. The molecule has 1 unspecified atom stereocenters. The van der Waals surface area contributed by atoms with Gasteiger partial charge in [-0.1, -0.05) is 0 Å². The molecular formula is C7H17Cl2NO. The maximum absolute atomic E-state index is 9.28. The van der Waals surface area contributed by atoms with Crippen LogP contribution in [0.1, 0.15) is 6.42 Å². The fourth-order valence-corrected chi connectivity index (χ4v) is 1.10. The molecule has 0 fully saturated rings. The standard InChI is InChI=1S/C7H17ClNO.ClH/c1-9(2,3)6-7(10)4-5-8;/h7,10H,4-6H2,1-3H3;1H/q+1;/p-1. The van der Waals surface area contributed by atoms with E-state index in [0.717, 1.165) is 11.0 Å². The van der Waals surface area contributed by atoms with Crippen molar-refractivity contribution >= 4 is 11.6 Å². The Bertz CT molecular complexity index is 92.9. The molecule has 0 aromatic heterocycles. The summed E-state index contributed by atoms with van der Waals surface area (Å²) < 4.78 is 0.790. The van der Waals surface area contributed by atoms with Gasteiger partial charge in [-0.15, -0.1) is 11.6 Å². The van der Waals surface area contributed by atoms with Crippen LogP contribution in [0.5, 0.6) is 0 Å². The normalized spacial score (nSPS) is 13.9. The number of hydrogen-bond acceptors (Lipinski definition) is 1. The van der Waals surface area contributed by atoms with Crippen molar-refractivity contribution in [2.75, 3.05) is 33.6 Å². The summed E-state index contributed by atoms with van der Waals surface area (Å²) in [4.78, 5) is 0. The average Bonchev–Trinajstić information content (AvgIpc) is 1.59. The van der Waals surface area contributed by atoms with Crippen molar-refractivity contribution in [2.45, 2.75) is 12.5 Å². The Morgan fingerprint density at radius 1 is 1.36 bits per heavy atom. The highest BCUT2D eigenvalue weighted by atomic mass is 35.5. The third-order valence-corrected chi connectivity index (χ3v) is 1.42. The SMILES string of the molecule is C[N+](C)(C)CC(O)CCCl.[Cl-]. The van der Waals surface area contributed by atoms with Crippen molar-refractivity contribution in [1.29, 1.82) is 0 Å². The molecule has 4 heteroatoms. The number of alkyl halides is 1. The number of nitrogens with zero attached hydrogens (tertiary/aromatic N) is 1. The first-order valence-electron chi connectivity index (χ1n) is 3.50. The smallest absolute Gasteiger partial charge is 0.104 e. The topological polar surface area (TPSA) is 20.2 Å². The summed E-state index contributed by atoms with van der Waals surface area (Å²) >= 11 is 5.46. The van der Waals surface area contributed by atoms with E-state index in [4.69, 9.17) is 11.6 Å². The number of hydrogen-bond donors (Lipinski definition) is 1. The van der Waals surface area contributed by atoms with Gasteiger partial charge in [-0.3, -0.25) is 0 Å². The van der Waals surface area contributed by atoms with Gasteiger partial charge >= 0.3 is 0 Å². The molecule has 0 spiro atoms. The molecule has 1 atom stereocenters. The minimum absolute atomic E-state index is 0. The van der Waals surface area contributed by atoms with Crippen LogP contribution in [0.3, 0.4) is 0 Å². The van der Waals surface area contributed by atoms with Gasteiger partial charge in [-0.05, 0) is 6.42 Å². The van der Waals surface area contributed by atoms with Crippen LogP contribution in [-0.2, 0) is 0 Å². The number of rotatable bonds is 4. The largest absolute Gasteiger partial charge is 1.00 e. The molecule has 0 heterocycles. The van der Waals surface area contributed by atoms with E-state index in [1.807, 2.05) is 0 Å². The molecule has 2 nitrogen and oxygen atoms in total. The Hall–Kier alpha value is 0.500. The fraction of sp³-hybridized carbons (Fsp3) is 1.00. The first-order valence-corrected chi connectivity index (χ1v) is 4.03. The van der Waals surface area contributed by atoms with Crippen LogP contribution < -0.4 is 12.4 Å². The van der Waals surface area contributed by atoms with Crippen LogP contribution in [0.15, 0.2) is 0 Å². The second kappa shape index (κ2) is 6.06. The predicted octanol–water partition coefficient (Wildman–Crippen LogP) is -2.31. The Kier molecular flexibility index (Phi) is 7.75. The van der Waals surface area contributed by atoms with Gasteiger partial charge in [0.05, 0.1) is 21.1 Å². The summed E-state index contributed by atoms with van der Waals surface area (Å²) in [6.07, 6.45) is 0.439. The molecule has 0 aliphatic carbocycles. The van der Waals surface area contributed by atoms with Gasteiger partial charge in [0, 0.05) is 5.88 Å².